The summed E-state index contributed by atoms with van der Waals surface area (Å²) in [6, 6.07) is 6.42. The summed E-state index contributed by atoms with van der Waals surface area (Å²) >= 11 is 0. The van der Waals surface area contributed by atoms with Crippen molar-refractivity contribution in [2.24, 2.45) is 0 Å². The maximum Gasteiger partial charge on any atom is 0.243 e. The molecule has 0 aromatic heterocycles. The van der Waals surface area contributed by atoms with Crippen LogP contribution in [0.1, 0.15) is 34.6 Å². The first-order valence-electron chi connectivity index (χ1n) is 9.80. The van der Waals surface area contributed by atoms with Gasteiger partial charge in [0.1, 0.15) is 5.75 Å². The molecule has 0 spiro atoms. The van der Waals surface area contributed by atoms with E-state index in [0.717, 1.165) is 0 Å². The van der Waals surface area contributed by atoms with E-state index < -0.39 is 10.0 Å². The largest absolute Gasteiger partial charge is 0.497 e. The normalized spacial score (nSPS) is 17.7. The predicted octanol–water partition coefficient (Wildman–Crippen LogP) is 2.04. The van der Waals surface area contributed by atoms with E-state index in [1.54, 1.807) is 31.4 Å². The van der Waals surface area contributed by atoms with Crippen LogP contribution in [0.5, 0.6) is 5.75 Å². The Morgan fingerprint density at radius 2 is 1.46 bits per heavy atom. The van der Waals surface area contributed by atoms with Gasteiger partial charge in [0.15, 0.2) is 0 Å². The van der Waals surface area contributed by atoms with E-state index in [-0.39, 0.29) is 28.9 Å². The van der Waals surface area contributed by atoms with Crippen LogP contribution in [0.15, 0.2) is 29.2 Å². The van der Waals surface area contributed by atoms with Crippen LogP contribution < -0.4 is 4.74 Å². The van der Waals surface area contributed by atoms with Gasteiger partial charge in [-0.2, -0.15) is 4.31 Å². The van der Waals surface area contributed by atoms with Crippen molar-refractivity contribution in [1.82, 2.24) is 14.1 Å². The summed E-state index contributed by atoms with van der Waals surface area (Å²) in [6.07, 6.45) is 0. The van der Waals surface area contributed by atoms with Gasteiger partial charge >= 0.3 is 0 Å². The Hall–Kier alpha value is -1.64. The maximum absolute atomic E-state index is 12.9. The molecule has 0 radical (unpaired) electrons. The number of nitrogens with zero attached hydrogens (tertiary/aromatic N) is 3. The van der Waals surface area contributed by atoms with Crippen LogP contribution in [0, 0.1) is 0 Å². The molecule has 7 nitrogen and oxygen atoms in total. The Morgan fingerprint density at radius 3 is 1.89 bits per heavy atom. The summed E-state index contributed by atoms with van der Waals surface area (Å²) < 4.78 is 32.3. The minimum atomic E-state index is -3.54. The number of rotatable bonds is 7. The first kappa shape index (κ1) is 22.6. The van der Waals surface area contributed by atoms with E-state index in [1.807, 2.05) is 39.5 Å². The lowest BCUT2D eigenvalue weighted by Crippen LogP contribution is -2.57. The molecule has 1 amide bonds. The molecule has 0 unspecified atom stereocenters. The van der Waals surface area contributed by atoms with Crippen LogP contribution in [0.3, 0.4) is 0 Å². The second-order valence-electron chi connectivity index (χ2n) is 7.72. The van der Waals surface area contributed by atoms with Crippen molar-refractivity contribution in [2.45, 2.75) is 57.6 Å². The number of sulfonamides is 1. The zero-order valence-electron chi connectivity index (χ0n) is 17.8. The fraction of sp³-hybridized carbons (Fsp3) is 0.650. The number of piperazine rings is 1. The Morgan fingerprint density at radius 1 is 0.964 bits per heavy atom. The first-order chi connectivity index (χ1) is 13.1. The second-order valence-corrected chi connectivity index (χ2v) is 9.66. The van der Waals surface area contributed by atoms with E-state index in [2.05, 4.69) is 4.90 Å². The highest BCUT2D eigenvalue weighted by molar-refractivity contribution is 7.89. The third-order valence-electron chi connectivity index (χ3n) is 5.24. The monoisotopic (exact) mass is 411 g/mol. The number of amides is 1. The summed E-state index contributed by atoms with van der Waals surface area (Å²) in [7, 11) is -2.00. The molecule has 1 aliphatic heterocycles. The van der Waals surface area contributed by atoms with E-state index >= 15 is 0 Å². The molecule has 0 bridgehead atoms. The highest BCUT2D eigenvalue weighted by Crippen LogP contribution is 2.21. The molecule has 28 heavy (non-hydrogen) atoms. The number of ether oxygens (including phenoxy) is 1. The minimum absolute atomic E-state index is 0.0939. The number of methoxy groups -OCH3 is 1. The molecule has 1 saturated heterocycles. The molecule has 1 aromatic rings. The SMILES string of the molecule is COc1ccc(S(=O)(=O)N2CCN([C@H](C)C(=O)N(C(C)C)C(C)C)CC2)cc1. The number of carbonyl (C=O) groups excluding carboxylic acids is 1. The van der Waals surface area contributed by atoms with Crippen LogP contribution in [-0.2, 0) is 14.8 Å². The van der Waals surface area contributed by atoms with Gasteiger partial charge in [0.05, 0.1) is 18.0 Å². The second kappa shape index (κ2) is 9.24. The summed E-state index contributed by atoms with van der Waals surface area (Å²) in [6.45, 7) is 11.8. The average molecular weight is 412 g/mol. The van der Waals surface area contributed by atoms with Crippen molar-refractivity contribution in [3.05, 3.63) is 24.3 Å². The molecule has 0 N–H and O–H groups in total. The highest BCUT2D eigenvalue weighted by atomic mass is 32.2. The van der Waals surface area contributed by atoms with Crippen LogP contribution >= 0.6 is 0 Å². The lowest BCUT2D eigenvalue weighted by atomic mass is 10.1. The van der Waals surface area contributed by atoms with E-state index in [0.29, 0.717) is 31.9 Å². The molecule has 1 aromatic carbocycles. The van der Waals surface area contributed by atoms with Crippen LogP contribution in [0.4, 0.5) is 0 Å². The Labute approximate surface area is 169 Å². The molecule has 1 fully saturated rings. The van der Waals surface area contributed by atoms with Crippen LogP contribution in [0.2, 0.25) is 0 Å². The van der Waals surface area contributed by atoms with Gasteiger partial charge in [-0.1, -0.05) is 0 Å². The number of hydrogen-bond acceptors (Lipinski definition) is 5. The molecule has 8 heteroatoms. The van der Waals surface area contributed by atoms with E-state index in [4.69, 9.17) is 4.74 Å². The topological polar surface area (TPSA) is 70.2 Å². The van der Waals surface area contributed by atoms with Crippen molar-refractivity contribution in [3.8, 4) is 5.75 Å². The van der Waals surface area contributed by atoms with E-state index in [9.17, 15) is 13.2 Å². The van der Waals surface area contributed by atoms with Crippen molar-refractivity contribution in [3.63, 3.8) is 0 Å². The van der Waals surface area contributed by atoms with Gasteiger partial charge in [0.2, 0.25) is 15.9 Å². The first-order valence-corrected chi connectivity index (χ1v) is 11.2. The summed E-state index contributed by atoms with van der Waals surface area (Å²) in [5.74, 6) is 0.715. The van der Waals surface area contributed by atoms with Gasteiger partial charge in [-0.15, -0.1) is 0 Å². The molecule has 158 valence electrons. The minimum Gasteiger partial charge on any atom is -0.497 e. The number of carbonyl (C=O) groups is 1. The molecule has 2 rings (SSSR count). The third-order valence-corrected chi connectivity index (χ3v) is 7.16. The molecular weight excluding hydrogens is 378 g/mol. The number of hydrogen-bond donors (Lipinski definition) is 0. The molecule has 0 aliphatic carbocycles. The molecule has 0 saturated carbocycles. The Bertz CT molecular complexity index is 746. The fourth-order valence-corrected chi connectivity index (χ4v) is 5.13. The van der Waals surface area contributed by atoms with Gasteiger partial charge in [-0.25, -0.2) is 8.42 Å². The fourth-order valence-electron chi connectivity index (χ4n) is 3.71. The summed E-state index contributed by atoms with van der Waals surface area (Å²) in [5.41, 5.74) is 0. The highest BCUT2D eigenvalue weighted by Gasteiger charge is 2.34. The van der Waals surface area contributed by atoms with Crippen molar-refractivity contribution in [2.75, 3.05) is 33.3 Å². The van der Waals surface area contributed by atoms with Crippen molar-refractivity contribution in [1.29, 1.82) is 0 Å². The quantitative estimate of drug-likeness (QED) is 0.687. The lowest BCUT2D eigenvalue weighted by molar-refractivity contribution is -0.140. The average Bonchev–Trinajstić information content (AvgIpc) is 2.67. The summed E-state index contributed by atoms with van der Waals surface area (Å²) in [4.78, 5) is 17.2. The lowest BCUT2D eigenvalue weighted by Gasteiger charge is -2.40. The van der Waals surface area contributed by atoms with Crippen LogP contribution in [0.25, 0.3) is 0 Å². The van der Waals surface area contributed by atoms with Gasteiger partial charge in [-0.3, -0.25) is 9.69 Å². The molecule has 1 aliphatic rings. The van der Waals surface area contributed by atoms with Crippen molar-refractivity contribution < 1.29 is 17.9 Å². The standard InChI is InChI=1S/C20H33N3O4S/c1-15(2)23(16(3)4)20(24)17(5)21-11-13-22(14-12-21)28(25,26)19-9-7-18(27-6)8-10-19/h7-10,15-17H,11-14H2,1-6H3/t17-/m1/s1. The Kier molecular flexibility index (Phi) is 7.47. The van der Waals surface area contributed by atoms with Gasteiger partial charge < -0.3 is 9.64 Å². The molecular formula is C20H33N3O4S. The van der Waals surface area contributed by atoms with Gasteiger partial charge in [0, 0.05) is 38.3 Å². The van der Waals surface area contributed by atoms with E-state index in [1.165, 1.54) is 4.31 Å². The third kappa shape index (κ3) is 4.85. The maximum atomic E-state index is 12.9. The summed E-state index contributed by atoms with van der Waals surface area (Å²) in [5, 5.41) is 0. The zero-order chi connectivity index (χ0) is 21.1. The van der Waals surface area contributed by atoms with Crippen molar-refractivity contribution >= 4 is 15.9 Å². The Balaban J connectivity index is 2.03. The predicted molar refractivity (Wildman–Crippen MR) is 110 cm³/mol. The number of benzene rings is 1. The zero-order valence-corrected chi connectivity index (χ0v) is 18.6. The van der Waals surface area contributed by atoms with Gasteiger partial charge in [-0.05, 0) is 58.9 Å². The van der Waals surface area contributed by atoms with Gasteiger partial charge in [0.25, 0.3) is 0 Å². The molecule has 1 atom stereocenters. The van der Waals surface area contributed by atoms with Crippen LogP contribution in [-0.4, -0.2) is 79.8 Å². The molecule has 1 heterocycles. The smallest absolute Gasteiger partial charge is 0.243 e.